The molecule has 1 saturated heterocycles. The molecule has 2 aromatic carbocycles. The maximum absolute atomic E-state index is 12.5. The fraction of sp³-hybridized carbons (Fsp3) is 0.294. The number of piperazine rings is 1. The quantitative estimate of drug-likeness (QED) is 0.931. The molecule has 1 N–H and O–H groups in total. The first-order valence-corrected chi connectivity index (χ1v) is 9.21. The summed E-state index contributed by atoms with van der Waals surface area (Å²) in [5, 5.41) is 9.34. The predicted octanol–water partition coefficient (Wildman–Crippen LogP) is 2.04. The van der Waals surface area contributed by atoms with Gasteiger partial charge in [-0.2, -0.15) is 4.31 Å². The van der Waals surface area contributed by atoms with Crippen LogP contribution in [0.3, 0.4) is 0 Å². The van der Waals surface area contributed by atoms with E-state index >= 15 is 0 Å². The lowest BCUT2D eigenvalue weighted by molar-refractivity contribution is 0.384. The second-order valence-corrected chi connectivity index (χ2v) is 7.61. The SMILES string of the molecule is O=S(=O)(Cc1ccccc1)N1CCN(c2ccc(O)cc2)CC1. The first kappa shape index (κ1) is 15.8. The first-order valence-electron chi connectivity index (χ1n) is 7.60. The molecule has 0 spiro atoms. The number of nitrogens with zero attached hydrogens (tertiary/aromatic N) is 2. The van der Waals surface area contributed by atoms with Gasteiger partial charge in [0.1, 0.15) is 5.75 Å². The molecule has 5 nitrogen and oxygen atoms in total. The average molecular weight is 332 g/mol. The Morgan fingerprint density at radius 3 is 2.09 bits per heavy atom. The lowest BCUT2D eigenvalue weighted by Crippen LogP contribution is -2.49. The van der Waals surface area contributed by atoms with Crippen LogP contribution < -0.4 is 4.90 Å². The number of phenolic OH excluding ortho intramolecular Hbond substituents is 1. The molecule has 0 atom stereocenters. The second kappa shape index (κ2) is 6.60. The van der Waals surface area contributed by atoms with E-state index in [1.54, 1.807) is 16.4 Å². The number of rotatable bonds is 4. The van der Waals surface area contributed by atoms with Crippen LogP contribution >= 0.6 is 0 Å². The Hall–Kier alpha value is -2.05. The highest BCUT2D eigenvalue weighted by atomic mass is 32.2. The minimum Gasteiger partial charge on any atom is -0.508 e. The molecule has 1 heterocycles. The second-order valence-electron chi connectivity index (χ2n) is 5.64. The van der Waals surface area contributed by atoms with Crippen LogP contribution in [-0.2, 0) is 15.8 Å². The summed E-state index contributed by atoms with van der Waals surface area (Å²) < 4.78 is 26.6. The monoisotopic (exact) mass is 332 g/mol. The molecule has 6 heteroatoms. The van der Waals surface area contributed by atoms with E-state index in [0.717, 1.165) is 11.3 Å². The number of anilines is 1. The van der Waals surface area contributed by atoms with Crippen LogP contribution in [0.15, 0.2) is 54.6 Å². The van der Waals surface area contributed by atoms with E-state index in [2.05, 4.69) is 4.90 Å². The van der Waals surface area contributed by atoms with Gasteiger partial charge in [0, 0.05) is 31.9 Å². The summed E-state index contributed by atoms with van der Waals surface area (Å²) in [4.78, 5) is 2.13. The molecule has 0 amide bonds. The summed E-state index contributed by atoms with van der Waals surface area (Å²) in [6, 6.07) is 16.3. The van der Waals surface area contributed by atoms with Gasteiger partial charge in [0.25, 0.3) is 0 Å². The summed E-state index contributed by atoms with van der Waals surface area (Å²) >= 11 is 0. The third-order valence-electron chi connectivity index (χ3n) is 4.04. The molecule has 0 aromatic heterocycles. The topological polar surface area (TPSA) is 60.9 Å². The van der Waals surface area contributed by atoms with E-state index in [1.165, 1.54) is 0 Å². The molecule has 0 radical (unpaired) electrons. The van der Waals surface area contributed by atoms with Crippen molar-refractivity contribution in [2.75, 3.05) is 31.1 Å². The first-order chi connectivity index (χ1) is 11.0. The van der Waals surface area contributed by atoms with E-state index < -0.39 is 10.0 Å². The maximum atomic E-state index is 12.5. The number of phenols is 1. The fourth-order valence-electron chi connectivity index (χ4n) is 2.76. The van der Waals surface area contributed by atoms with Crippen LogP contribution in [0.1, 0.15) is 5.56 Å². The standard InChI is InChI=1S/C17H20N2O3S/c20-17-8-6-16(7-9-17)18-10-12-19(13-11-18)23(21,22)14-15-4-2-1-3-5-15/h1-9,20H,10-14H2. The average Bonchev–Trinajstić information content (AvgIpc) is 2.56. The van der Waals surface area contributed by atoms with Crippen LogP contribution in [0.2, 0.25) is 0 Å². The van der Waals surface area contributed by atoms with Crippen molar-refractivity contribution in [1.29, 1.82) is 0 Å². The van der Waals surface area contributed by atoms with E-state index in [9.17, 15) is 13.5 Å². The summed E-state index contributed by atoms with van der Waals surface area (Å²) in [5.41, 5.74) is 1.82. The number of hydrogen-bond acceptors (Lipinski definition) is 4. The Balaban J connectivity index is 1.63. The van der Waals surface area contributed by atoms with E-state index in [1.807, 2.05) is 42.5 Å². The smallest absolute Gasteiger partial charge is 0.218 e. The summed E-state index contributed by atoms with van der Waals surface area (Å²) in [7, 11) is -3.28. The lowest BCUT2D eigenvalue weighted by Gasteiger charge is -2.35. The Morgan fingerprint density at radius 1 is 0.870 bits per heavy atom. The van der Waals surface area contributed by atoms with Crippen molar-refractivity contribution < 1.29 is 13.5 Å². The van der Waals surface area contributed by atoms with E-state index in [4.69, 9.17) is 0 Å². The molecule has 0 bridgehead atoms. The molecule has 3 rings (SSSR count). The Morgan fingerprint density at radius 2 is 1.48 bits per heavy atom. The van der Waals surface area contributed by atoms with Crippen LogP contribution in [0, 0.1) is 0 Å². The molecule has 2 aromatic rings. The van der Waals surface area contributed by atoms with Gasteiger partial charge in [-0.15, -0.1) is 0 Å². The molecule has 23 heavy (non-hydrogen) atoms. The fourth-order valence-corrected chi connectivity index (χ4v) is 4.28. The molecule has 0 saturated carbocycles. The van der Waals surface area contributed by atoms with Gasteiger partial charge in [-0.1, -0.05) is 30.3 Å². The van der Waals surface area contributed by atoms with Gasteiger partial charge in [-0.25, -0.2) is 8.42 Å². The van der Waals surface area contributed by atoms with Crippen LogP contribution in [0.4, 0.5) is 5.69 Å². The lowest BCUT2D eigenvalue weighted by atomic mass is 10.2. The molecular weight excluding hydrogens is 312 g/mol. The minimum absolute atomic E-state index is 0.0487. The van der Waals surface area contributed by atoms with Crippen molar-refractivity contribution in [1.82, 2.24) is 4.31 Å². The van der Waals surface area contributed by atoms with Crippen molar-refractivity contribution in [2.45, 2.75) is 5.75 Å². The van der Waals surface area contributed by atoms with E-state index in [0.29, 0.717) is 26.2 Å². The Bertz CT molecular complexity index is 737. The number of sulfonamides is 1. The van der Waals surface area contributed by atoms with Gasteiger partial charge in [0.05, 0.1) is 5.75 Å². The third-order valence-corrected chi connectivity index (χ3v) is 5.89. The molecule has 1 fully saturated rings. The van der Waals surface area contributed by atoms with Crippen LogP contribution in [-0.4, -0.2) is 44.0 Å². The number of benzene rings is 2. The van der Waals surface area contributed by atoms with Gasteiger partial charge >= 0.3 is 0 Å². The highest BCUT2D eigenvalue weighted by Crippen LogP contribution is 2.21. The summed E-state index contributed by atoms with van der Waals surface area (Å²) in [6.07, 6.45) is 0. The molecular formula is C17H20N2O3S. The number of hydrogen-bond donors (Lipinski definition) is 1. The van der Waals surface area contributed by atoms with Crippen molar-refractivity contribution in [3.05, 3.63) is 60.2 Å². The van der Waals surface area contributed by atoms with Crippen molar-refractivity contribution in [3.8, 4) is 5.75 Å². The molecule has 0 aliphatic carbocycles. The van der Waals surface area contributed by atoms with Gasteiger partial charge in [-0.3, -0.25) is 0 Å². The zero-order valence-electron chi connectivity index (χ0n) is 12.8. The summed E-state index contributed by atoms with van der Waals surface area (Å²) in [5.74, 6) is 0.283. The number of aromatic hydroxyl groups is 1. The largest absolute Gasteiger partial charge is 0.508 e. The van der Waals surface area contributed by atoms with Gasteiger partial charge in [-0.05, 0) is 29.8 Å². The molecule has 1 aliphatic rings. The summed E-state index contributed by atoms with van der Waals surface area (Å²) in [6.45, 7) is 2.27. The predicted molar refractivity (Wildman–Crippen MR) is 91.0 cm³/mol. The normalized spacial score (nSPS) is 16.4. The highest BCUT2D eigenvalue weighted by Gasteiger charge is 2.27. The van der Waals surface area contributed by atoms with Crippen LogP contribution in [0.5, 0.6) is 5.75 Å². The minimum atomic E-state index is -3.28. The van der Waals surface area contributed by atoms with Crippen molar-refractivity contribution in [2.24, 2.45) is 0 Å². The zero-order valence-corrected chi connectivity index (χ0v) is 13.6. The molecule has 122 valence electrons. The van der Waals surface area contributed by atoms with Crippen molar-refractivity contribution in [3.63, 3.8) is 0 Å². The molecule has 0 unspecified atom stereocenters. The molecule has 1 aliphatic heterocycles. The third kappa shape index (κ3) is 3.83. The van der Waals surface area contributed by atoms with E-state index in [-0.39, 0.29) is 11.5 Å². The zero-order chi connectivity index (χ0) is 16.3. The Kier molecular flexibility index (Phi) is 4.54. The highest BCUT2D eigenvalue weighted by molar-refractivity contribution is 7.88. The Labute approximate surface area is 136 Å². The van der Waals surface area contributed by atoms with Crippen LogP contribution in [0.25, 0.3) is 0 Å². The van der Waals surface area contributed by atoms with Crippen molar-refractivity contribution >= 4 is 15.7 Å². The van der Waals surface area contributed by atoms with Gasteiger partial charge in [0.2, 0.25) is 10.0 Å². The van der Waals surface area contributed by atoms with Gasteiger partial charge in [0.15, 0.2) is 0 Å². The maximum Gasteiger partial charge on any atom is 0.218 e. The van der Waals surface area contributed by atoms with Gasteiger partial charge < -0.3 is 10.0 Å².